The van der Waals surface area contributed by atoms with Crippen molar-refractivity contribution >= 4 is 35.1 Å². The topological polar surface area (TPSA) is 170 Å². The number of carboxylic acids is 2. The van der Waals surface area contributed by atoms with Crippen molar-refractivity contribution in [3.63, 3.8) is 0 Å². The first-order valence-electron chi connectivity index (χ1n) is 13.1. The lowest BCUT2D eigenvalue weighted by Crippen LogP contribution is -2.47. The van der Waals surface area contributed by atoms with Crippen molar-refractivity contribution in [2.24, 2.45) is 0 Å². The number of halogens is 5. The maximum Gasteiger partial charge on any atom is 0.573 e. The summed E-state index contributed by atoms with van der Waals surface area (Å²) in [6, 6.07) is 13.2. The molecule has 11 nitrogen and oxygen atoms in total. The number of aliphatic hydroxyl groups is 2. The van der Waals surface area contributed by atoms with Crippen LogP contribution in [0.4, 0.5) is 23.2 Å². The highest BCUT2D eigenvalue weighted by atomic mass is 35.5. The third-order valence-electron chi connectivity index (χ3n) is 6.68. The third kappa shape index (κ3) is 9.34. The Hall–Kier alpha value is -4.31. The summed E-state index contributed by atoms with van der Waals surface area (Å²) < 4.78 is 55.6. The Morgan fingerprint density at radius 3 is 2.11 bits per heavy atom. The van der Waals surface area contributed by atoms with E-state index < -0.39 is 59.7 Å². The second kappa shape index (κ2) is 14.2. The van der Waals surface area contributed by atoms with Gasteiger partial charge in [0.25, 0.3) is 0 Å². The van der Waals surface area contributed by atoms with Crippen LogP contribution in [0.5, 0.6) is 5.75 Å². The minimum atomic E-state index is -4.83. The molecular weight excluding hydrogens is 630 g/mol. The van der Waals surface area contributed by atoms with E-state index in [9.17, 15) is 31.9 Å². The number of carbonyl (C=O) groups is 3. The molecule has 0 spiro atoms. The number of aliphatic hydroxyl groups excluding tert-OH is 2. The fourth-order valence-electron chi connectivity index (χ4n) is 4.52. The summed E-state index contributed by atoms with van der Waals surface area (Å²) in [5, 5.41) is 36.2. The Labute approximate surface area is 258 Å². The van der Waals surface area contributed by atoms with Gasteiger partial charge in [0.2, 0.25) is 5.91 Å². The molecule has 0 aliphatic carbocycles. The van der Waals surface area contributed by atoms with Crippen LogP contribution < -0.4 is 15.0 Å². The molecular formula is C29H28ClF4N3O8. The summed E-state index contributed by atoms with van der Waals surface area (Å²) in [6.45, 7) is 3.79. The minimum absolute atomic E-state index is 0.293. The number of carbonyl (C=O) groups excluding carboxylic acids is 1. The highest BCUT2D eigenvalue weighted by Gasteiger charge is 2.43. The lowest BCUT2D eigenvalue weighted by Gasteiger charge is -2.30. The molecule has 1 fully saturated rings. The predicted octanol–water partition coefficient (Wildman–Crippen LogP) is 4.02. The summed E-state index contributed by atoms with van der Waals surface area (Å²) in [7, 11) is 0. The maximum absolute atomic E-state index is 14.0. The van der Waals surface area contributed by atoms with Crippen LogP contribution in [0.2, 0.25) is 5.15 Å². The highest BCUT2D eigenvalue weighted by Crippen LogP contribution is 2.39. The molecule has 2 unspecified atom stereocenters. The van der Waals surface area contributed by atoms with E-state index in [-0.39, 0.29) is 5.91 Å². The van der Waals surface area contributed by atoms with E-state index in [1.807, 2.05) is 19.9 Å². The Bertz CT molecular complexity index is 1490. The van der Waals surface area contributed by atoms with E-state index in [0.717, 1.165) is 17.7 Å². The molecule has 2 heterocycles. The fourth-order valence-corrected chi connectivity index (χ4v) is 4.63. The van der Waals surface area contributed by atoms with Gasteiger partial charge in [0.05, 0.1) is 12.1 Å². The molecule has 0 saturated carbocycles. The van der Waals surface area contributed by atoms with Crippen LogP contribution in [0.1, 0.15) is 37.4 Å². The van der Waals surface area contributed by atoms with Crippen LogP contribution >= 0.6 is 11.6 Å². The van der Waals surface area contributed by atoms with Crippen molar-refractivity contribution < 1.29 is 57.1 Å². The first-order valence-corrected chi connectivity index (χ1v) is 13.4. The molecule has 2 aromatic carbocycles. The summed E-state index contributed by atoms with van der Waals surface area (Å²) in [4.78, 5) is 38.7. The standard InChI is InChI=1S/C25H22ClF4N3O2.C4H6O6/c1-24(2,16-6-11-22(26)31-14-16)32-20-13-21(15-4-3-5-17(27)12-15)33(23(20)34)18-7-9-19(10-8-18)35-25(28,29)30;5-1(3(7)8)2(6)4(9)10/h3-12,14,20-21,32H,13H2,1-2H3;1-2,5-6H,(H,7,8)(H,9,10)/t20-,21+;/m0./s1. The number of aliphatic carboxylic acids is 2. The van der Waals surface area contributed by atoms with Gasteiger partial charge in [-0.15, -0.1) is 13.2 Å². The highest BCUT2D eigenvalue weighted by molar-refractivity contribution is 6.29. The zero-order valence-corrected chi connectivity index (χ0v) is 24.3. The number of ether oxygens (including phenoxy) is 1. The van der Waals surface area contributed by atoms with Gasteiger partial charge in [-0.2, -0.15) is 0 Å². The summed E-state index contributed by atoms with van der Waals surface area (Å²) in [5.41, 5.74) is 1.09. The number of aromatic nitrogens is 1. The molecule has 3 aromatic rings. The van der Waals surface area contributed by atoms with Gasteiger partial charge in [0.15, 0.2) is 12.2 Å². The Balaban J connectivity index is 0.000000477. The summed E-state index contributed by atoms with van der Waals surface area (Å²) >= 11 is 5.89. The molecule has 0 bridgehead atoms. The number of hydrogen-bond donors (Lipinski definition) is 5. The molecule has 4 rings (SSSR count). The van der Waals surface area contributed by atoms with Crippen molar-refractivity contribution in [2.75, 3.05) is 4.90 Å². The van der Waals surface area contributed by atoms with E-state index in [0.29, 0.717) is 22.8 Å². The zero-order valence-electron chi connectivity index (χ0n) is 23.6. The summed E-state index contributed by atoms with van der Waals surface area (Å²) in [5.74, 6) is -4.68. The lowest BCUT2D eigenvalue weighted by atomic mass is 9.93. The molecule has 16 heteroatoms. The Morgan fingerprint density at radius 2 is 1.62 bits per heavy atom. The molecule has 4 atom stereocenters. The van der Waals surface area contributed by atoms with Crippen molar-refractivity contribution in [2.45, 2.75) is 56.5 Å². The smallest absolute Gasteiger partial charge is 0.479 e. The van der Waals surface area contributed by atoms with E-state index in [2.05, 4.69) is 15.0 Å². The minimum Gasteiger partial charge on any atom is -0.479 e. The number of rotatable bonds is 9. The third-order valence-corrected chi connectivity index (χ3v) is 6.90. The van der Waals surface area contributed by atoms with E-state index in [4.69, 9.17) is 32.0 Å². The van der Waals surface area contributed by atoms with Gasteiger partial charge in [-0.3, -0.25) is 10.1 Å². The average molecular weight is 658 g/mol. The molecule has 1 aliphatic heterocycles. The summed E-state index contributed by atoms with van der Waals surface area (Å²) in [6.07, 6.45) is -7.43. The fraction of sp³-hybridized carbons (Fsp3) is 0.310. The predicted molar refractivity (Wildman–Crippen MR) is 151 cm³/mol. The second-order valence-electron chi connectivity index (χ2n) is 10.3. The van der Waals surface area contributed by atoms with Crippen LogP contribution in [0.3, 0.4) is 0 Å². The van der Waals surface area contributed by atoms with Gasteiger partial charge in [-0.1, -0.05) is 29.8 Å². The van der Waals surface area contributed by atoms with E-state index >= 15 is 0 Å². The van der Waals surface area contributed by atoms with Gasteiger partial charge in [0, 0.05) is 17.4 Å². The van der Waals surface area contributed by atoms with Crippen molar-refractivity contribution in [1.82, 2.24) is 10.3 Å². The molecule has 0 radical (unpaired) electrons. The number of hydrogen-bond acceptors (Lipinski definition) is 8. The van der Waals surface area contributed by atoms with Crippen molar-refractivity contribution in [3.8, 4) is 5.75 Å². The van der Waals surface area contributed by atoms with Crippen LogP contribution in [0.25, 0.3) is 0 Å². The Kier molecular flexibility index (Phi) is 11.1. The monoisotopic (exact) mass is 657 g/mol. The quantitative estimate of drug-likeness (QED) is 0.167. The van der Waals surface area contributed by atoms with Crippen LogP contribution in [0, 0.1) is 5.82 Å². The normalized spacial score (nSPS) is 18.1. The van der Waals surface area contributed by atoms with E-state index in [1.54, 1.807) is 24.4 Å². The number of nitrogens with one attached hydrogen (secondary N) is 1. The number of amides is 1. The maximum atomic E-state index is 14.0. The van der Waals surface area contributed by atoms with Gasteiger partial charge < -0.3 is 30.1 Å². The molecule has 1 aromatic heterocycles. The second-order valence-corrected chi connectivity index (χ2v) is 10.7. The number of nitrogens with zero attached hydrogens (tertiary/aromatic N) is 2. The number of benzene rings is 2. The van der Waals surface area contributed by atoms with Crippen LogP contribution in [-0.4, -0.2) is 67.9 Å². The molecule has 5 N–H and O–H groups in total. The number of carboxylic acid groups (broad SMARTS) is 2. The van der Waals surface area contributed by atoms with Gasteiger partial charge in [0.1, 0.15) is 16.7 Å². The number of pyridine rings is 1. The molecule has 1 saturated heterocycles. The zero-order chi connectivity index (χ0) is 33.7. The van der Waals surface area contributed by atoms with Gasteiger partial charge >= 0.3 is 18.3 Å². The molecule has 1 aliphatic rings. The molecule has 1 amide bonds. The molecule has 45 heavy (non-hydrogen) atoms. The average Bonchev–Trinajstić information content (AvgIpc) is 3.27. The largest absolute Gasteiger partial charge is 0.573 e. The Morgan fingerprint density at radius 1 is 1.02 bits per heavy atom. The van der Waals surface area contributed by atoms with Crippen LogP contribution in [0.15, 0.2) is 66.9 Å². The lowest BCUT2D eigenvalue weighted by molar-refractivity contribution is -0.274. The number of anilines is 1. The SMILES string of the molecule is CC(C)(N[C@H]1C[C@H](c2cccc(F)c2)N(c2ccc(OC(F)(F)F)cc2)C1=O)c1ccc(Cl)nc1.O=C(O)C(O)C(O)C(=O)O. The van der Waals surface area contributed by atoms with Crippen molar-refractivity contribution in [1.29, 1.82) is 0 Å². The van der Waals surface area contributed by atoms with Gasteiger partial charge in [-0.25, -0.2) is 19.0 Å². The van der Waals surface area contributed by atoms with E-state index in [1.165, 1.54) is 29.2 Å². The first kappa shape index (κ1) is 35.2. The van der Waals surface area contributed by atoms with Gasteiger partial charge in [-0.05, 0) is 73.9 Å². The number of alkyl halides is 3. The first-order chi connectivity index (χ1) is 20.9. The molecule has 242 valence electrons. The van der Waals surface area contributed by atoms with Crippen molar-refractivity contribution in [3.05, 3.63) is 89.0 Å². The van der Waals surface area contributed by atoms with Crippen LogP contribution in [-0.2, 0) is 19.9 Å².